The number of carboxylic acid groups (broad SMARTS) is 1. The van der Waals surface area contributed by atoms with E-state index in [2.05, 4.69) is 15.3 Å². The second kappa shape index (κ2) is 10.1. The largest absolute Gasteiger partial charge is 0.480 e. The van der Waals surface area contributed by atoms with Crippen LogP contribution < -0.4 is 5.32 Å². The molecule has 1 aromatic rings. The molecule has 0 aliphatic carbocycles. The van der Waals surface area contributed by atoms with Crippen LogP contribution in [0, 0.1) is 0 Å². The lowest BCUT2D eigenvalue weighted by Crippen LogP contribution is -2.30. The van der Waals surface area contributed by atoms with E-state index in [9.17, 15) is 9.59 Å². The molecule has 2 N–H and O–H groups in total. The fourth-order valence-electron chi connectivity index (χ4n) is 0.878. The summed E-state index contributed by atoms with van der Waals surface area (Å²) >= 11 is 0. The number of carbonyl (C=O) groups excluding carboxylic acids is 1. The van der Waals surface area contributed by atoms with Gasteiger partial charge in [0.25, 0.3) is 0 Å². The van der Waals surface area contributed by atoms with Crippen LogP contribution in [-0.2, 0) is 9.59 Å². The van der Waals surface area contributed by atoms with Crippen LogP contribution in [0.2, 0.25) is 0 Å². The minimum atomic E-state index is -0.796. The minimum Gasteiger partial charge on any atom is -0.480 e. The first-order valence-electron chi connectivity index (χ1n) is 5.53. The number of hydrogen-bond donors (Lipinski definition) is 2. The Balaban J connectivity index is 0.000000321. The van der Waals surface area contributed by atoms with E-state index in [1.165, 1.54) is 12.3 Å². The van der Waals surface area contributed by atoms with Gasteiger partial charge in [0.15, 0.2) is 0 Å². The lowest BCUT2D eigenvalue weighted by molar-refractivity contribution is -0.136. The maximum absolute atomic E-state index is 9.96. The highest BCUT2D eigenvalue weighted by molar-refractivity contribution is 5.69. The van der Waals surface area contributed by atoms with Gasteiger partial charge in [0, 0.05) is 12.2 Å². The summed E-state index contributed by atoms with van der Waals surface area (Å²) in [5.41, 5.74) is 0.535. The van der Waals surface area contributed by atoms with E-state index in [-0.39, 0.29) is 6.54 Å². The Morgan fingerprint density at radius 3 is 2.83 bits per heavy atom. The van der Waals surface area contributed by atoms with Gasteiger partial charge in [-0.2, -0.15) is 4.99 Å². The molecular weight excluding hydrogens is 234 g/mol. The number of aromatic nitrogens is 1. The summed E-state index contributed by atoms with van der Waals surface area (Å²) in [5.74, 6) is -0.796. The molecule has 0 fully saturated rings. The summed E-state index contributed by atoms with van der Waals surface area (Å²) in [6, 6.07) is 3.69. The van der Waals surface area contributed by atoms with Gasteiger partial charge in [0.2, 0.25) is 6.08 Å². The van der Waals surface area contributed by atoms with Crippen LogP contribution in [0.25, 0.3) is 0 Å². The van der Waals surface area contributed by atoms with Gasteiger partial charge in [-0.1, -0.05) is 6.92 Å². The Hall–Kier alpha value is -2.04. The number of pyridine rings is 1. The third kappa shape index (κ3) is 9.21. The zero-order chi connectivity index (χ0) is 13.8. The zero-order valence-electron chi connectivity index (χ0n) is 10.5. The maximum Gasteiger partial charge on any atom is 0.317 e. The fourth-order valence-corrected chi connectivity index (χ4v) is 0.878. The van der Waals surface area contributed by atoms with Crippen molar-refractivity contribution in [2.24, 2.45) is 4.99 Å². The number of aliphatic carboxylic acids is 1. The average Bonchev–Trinajstić information content (AvgIpc) is 2.38. The van der Waals surface area contributed by atoms with Gasteiger partial charge in [-0.15, -0.1) is 0 Å². The van der Waals surface area contributed by atoms with E-state index in [0.29, 0.717) is 11.7 Å². The predicted octanol–water partition coefficient (Wildman–Crippen LogP) is 1.51. The van der Waals surface area contributed by atoms with E-state index in [1.54, 1.807) is 18.3 Å². The van der Waals surface area contributed by atoms with Crippen LogP contribution >= 0.6 is 0 Å². The van der Waals surface area contributed by atoms with Crippen LogP contribution in [0.4, 0.5) is 5.69 Å². The first-order valence-corrected chi connectivity index (χ1v) is 5.53. The number of rotatable bonds is 5. The van der Waals surface area contributed by atoms with Crippen molar-refractivity contribution < 1.29 is 14.7 Å². The van der Waals surface area contributed by atoms with Gasteiger partial charge in [-0.05, 0) is 25.5 Å². The molecule has 0 amide bonds. The smallest absolute Gasteiger partial charge is 0.317 e. The monoisotopic (exact) mass is 251 g/mol. The molecule has 0 aromatic carbocycles. The molecule has 1 rings (SSSR count). The first-order chi connectivity index (χ1) is 8.60. The van der Waals surface area contributed by atoms with Crippen molar-refractivity contribution in [3.8, 4) is 0 Å². The number of isocyanates is 1. The first kappa shape index (κ1) is 16.0. The molecule has 18 heavy (non-hydrogen) atoms. The summed E-state index contributed by atoms with van der Waals surface area (Å²) < 4.78 is 0. The summed E-state index contributed by atoms with van der Waals surface area (Å²) in [6.45, 7) is 4.04. The Kier molecular flexibility index (Phi) is 8.99. The standard InChI is InChI=1S/C6H4N2O.C6H13NO2/c9-5-8-6-2-1-3-7-4-6;1-3-5(2)7-4-6(8)9/h1-4H;5,7H,3-4H2,1-2H3,(H,8,9). The molecule has 6 heteroatoms. The van der Waals surface area contributed by atoms with Crippen molar-refractivity contribution in [3.63, 3.8) is 0 Å². The quantitative estimate of drug-likeness (QED) is 0.611. The zero-order valence-corrected chi connectivity index (χ0v) is 10.5. The molecule has 0 bridgehead atoms. The van der Waals surface area contributed by atoms with Crippen LogP contribution in [0.3, 0.4) is 0 Å². The molecule has 0 saturated carbocycles. The summed E-state index contributed by atoms with van der Waals surface area (Å²) in [7, 11) is 0. The van der Waals surface area contributed by atoms with Crippen LogP contribution in [0.5, 0.6) is 0 Å². The van der Waals surface area contributed by atoms with E-state index in [1.807, 2.05) is 13.8 Å². The van der Waals surface area contributed by atoms with Gasteiger partial charge in [-0.3, -0.25) is 9.78 Å². The molecule has 0 aliphatic rings. The number of carbonyl (C=O) groups is 1. The number of nitrogens with zero attached hydrogens (tertiary/aromatic N) is 2. The number of carboxylic acids is 1. The van der Waals surface area contributed by atoms with Gasteiger partial charge in [0.05, 0.1) is 18.4 Å². The SMILES string of the molecule is CCC(C)NCC(=O)O.O=C=Nc1cccnc1. The van der Waals surface area contributed by atoms with Crippen molar-refractivity contribution in [3.05, 3.63) is 24.5 Å². The molecule has 1 atom stereocenters. The number of hydrogen-bond acceptors (Lipinski definition) is 5. The molecule has 0 radical (unpaired) electrons. The average molecular weight is 251 g/mol. The molecule has 0 spiro atoms. The lowest BCUT2D eigenvalue weighted by Gasteiger charge is -2.07. The molecular formula is C12H17N3O3. The molecule has 1 unspecified atom stereocenters. The van der Waals surface area contributed by atoms with Crippen LogP contribution in [0.1, 0.15) is 20.3 Å². The third-order valence-electron chi connectivity index (χ3n) is 2.03. The highest BCUT2D eigenvalue weighted by atomic mass is 16.4. The number of aliphatic imine (C=N–C) groups is 1. The molecule has 1 heterocycles. The Labute approximate surface area is 106 Å². The molecule has 6 nitrogen and oxygen atoms in total. The summed E-state index contributed by atoms with van der Waals surface area (Å²) in [6.07, 6.45) is 5.49. The van der Waals surface area contributed by atoms with Crippen molar-refractivity contribution in [2.75, 3.05) is 6.54 Å². The van der Waals surface area contributed by atoms with Crippen LogP contribution in [-0.4, -0.2) is 34.7 Å². The highest BCUT2D eigenvalue weighted by Crippen LogP contribution is 2.04. The second-order valence-electron chi connectivity index (χ2n) is 3.50. The minimum absolute atomic E-state index is 0.0645. The van der Waals surface area contributed by atoms with E-state index in [0.717, 1.165) is 6.42 Å². The predicted molar refractivity (Wildman–Crippen MR) is 67.4 cm³/mol. The molecule has 98 valence electrons. The van der Waals surface area contributed by atoms with Crippen molar-refractivity contribution >= 4 is 17.7 Å². The Bertz CT molecular complexity index is 389. The summed E-state index contributed by atoms with van der Waals surface area (Å²) in [4.78, 5) is 26.7. The fraction of sp³-hybridized carbons (Fsp3) is 0.417. The molecule has 0 saturated heterocycles. The second-order valence-corrected chi connectivity index (χ2v) is 3.50. The third-order valence-corrected chi connectivity index (χ3v) is 2.03. The van der Waals surface area contributed by atoms with Gasteiger partial charge in [-0.25, -0.2) is 4.79 Å². The van der Waals surface area contributed by atoms with Crippen molar-refractivity contribution in [1.29, 1.82) is 0 Å². The van der Waals surface area contributed by atoms with Crippen molar-refractivity contribution in [1.82, 2.24) is 10.3 Å². The lowest BCUT2D eigenvalue weighted by atomic mass is 10.3. The van der Waals surface area contributed by atoms with Crippen LogP contribution in [0.15, 0.2) is 29.5 Å². The highest BCUT2D eigenvalue weighted by Gasteiger charge is 1.99. The normalized spacial score (nSPS) is 10.6. The Morgan fingerprint density at radius 1 is 1.67 bits per heavy atom. The van der Waals surface area contributed by atoms with Gasteiger partial charge >= 0.3 is 5.97 Å². The van der Waals surface area contributed by atoms with E-state index in [4.69, 9.17) is 5.11 Å². The number of nitrogens with one attached hydrogen (secondary N) is 1. The molecule has 0 aliphatic heterocycles. The topological polar surface area (TPSA) is 91.7 Å². The maximum atomic E-state index is 9.96. The molecule has 1 aromatic heterocycles. The van der Waals surface area contributed by atoms with Gasteiger partial charge in [0.1, 0.15) is 0 Å². The van der Waals surface area contributed by atoms with E-state index < -0.39 is 5.97 Å². The van der Waals surface area contributed by atoms with E-state index >= 15 is 0 Å². The van der Waals surface area contributed by atoms with Crippen molar-refractivity contribution in [2.45, 2.75) is 26.3 Å². The van der Waals surface area contributed by atoms with Gasteiger partial charge < -0.3 is 10.4 Å². The summed E-state index contributed by atoms with van der Waals surface area (Å²) in [5, 5.41) is 11.0. The Morgan fingerprint density at radius 2 is 2.39 bits per heavy atom.